The SMILES string of the molecule is CCOC(=O)N1CCN(C(=O)c2cc(OCC)c(Oc3ccccc3OC)c(NS(=O)(=O)c3ccc(C(C)C)cn3)c2OC(=O)Nc2ccccn2)CC1. The summed E-state index contributed by atoms with van der Waals surface area (Å²) in [5.41, 5.74) is 0.123. The van der Waals surface area contributed by atoms with E-state index >= 15 is 0 Å². The monoisotopic (exact) mass is 762 g/mol. The Kier molecular flexibility index (Phi) is 12.8. The van der Waals surface area contributed by atoms with Crippen LogP contribution in [0.3, 0.4) is 0 Å². The zero-order valence-electron chi connectivity index (χ0n) is 30.5. The number of methoxy groups -OCH3 is 1. The number of piperazine rings is 1. The molecule has 16 nitrogen and oxygen atoms in total. The number of ether oxygens (including phenoxy) is 5. The molecule has 2 aromatic heterocycles. The van der Waals surface area contributed by atoms with Crippen LogP contribution in [0, 0.1) is 0 Å². The first kappa shape index (κ1) is 39.1. The van der Waals surface area contributed by atoms with Crippen LogP contribution >= 0.6 is 0 Å². The predicted octanol–water partition coefficient (Wildman–Crippen LogP) is 6.13. The molecule has 286 valence electrons. The third-order valence-corrected chi connectivity index (χ3v) is 9.39. The number of nitrogens with one attached hydrogen (secondary N) is 2. The van der Waals surface area contributed by atoms with Crippen LogP contribution in [0.25, 0.3) is 0 Å². The maximum absolute atomic E-state index is 14.4. The molecule has 54 heavy (non-hydrogen) atoms. The summed E-state index contributed by atoms with van der Waals surface area (Å²) in [4.78, 5) is 51.6. The molecular formula is C37H42N6O10S. The molecule has 0 spiro atoms. The number of carbonyl (C=O) groups excluding carboxylic acids is 3. The highest BCUT2D eigenvalue weighted by Gasteiger charge is 2.35. The van der Waals surface area contributed by atoms with E-state index in [4.69, 9.17) is 23.7 Å². The zero-order chi connectivity index (χ0) is 38.8. The molecule has 3 heterocycles. The van der Waals surface area contributed by atoms with Crippen molar-refractivity contribution < 1.29 is 46.5 Å². The van der Waals surface area contributed by atoms with Crippen LogP contribution in [0.4, 0.5) is 21.1 Å². The van der Waals surface area contributed by atoms with E-state index in [1.807, 2.05) is 13.8 Å². The number of hydrogen-bond acceptors (Lipinski definition) is 12. The number of para-hydroxylation sites is 2. The summed E-state index contributed by atoms with van der Waals surface area (Å²) in [6, 6.07) is 15.7. The summed E-state index contributed by atoms with van der Waals surface area (Å²) in [5, 5.41) is 2.14. The number of amides is 3. The molecule has 0 bridgehead atoms. The van der Waals surface area contributed by atoms with E-state index in [0.717, 1.165) is 5.56 Å². The normalized spacial score (nSPS) is 12.9. The third-order valence-electron chi connectivity index (χ3n) is 8.13. The zero-order valence-corrected chi connectivity index (χ0v) is 31.3. The van der Waals surface area contributed by atoms with Gasteiger partial charge in [-0.3, -0.25) is 14.8 Å². The number of hydrogen-bond donors (Lipinski definition) is 2. The number of pyridine rings is 2. The third kappa shape index (κ3) is 9.27. The van der Waals surface area contributed by atoms with Crippen LogP contribution in [-0.4, -0.2) is 92.8 Å². The van der Waals surface area contributed by atoms with Crippen LogP contribution in [0.1, 0.15) is 49.5 Å². The molecule has 4 aromatic rings. The van der Waals surface area contributed by atoms with Gasteiger partial charge < -0.3 is 33.5 Å². The molecule has 2 aromatic carbocycles. The van der Waals surface area contributed by atoms with E-state index in [0.29, 0.717) is 0 Å². The molecule has 2 N–H and O–H groups in total. The van der Waals surface area contributed by atoms with Gasteiger partial charge in [-0.25, -0.2) is 19.6 Å². The highest BCUT2D eigenvalue weighted by molar-refractivity contribution is 7.92. The van der Waals surface area contributed by atoms with Crippen molar-refractivity contribution in [3.63, 3.8) is 0 Å². The van der Waals surface area contributed by atoms with Gasteiger partial charge in [-0.15, -0.1) is 0 Å². The Morgan fingerprint density at radius 2 is 1.56 bits per heavy atom. The summed E-state index contributed by atoms with van der Waals surface area (Å²) in [7, 11) is -3.13. The van der Waals surface area contributed by atoms with Crippen LogP contribution in [0.2, 0.25) is 0 Å². The van der Waals surface area contributed by atoms with Crippen molar-refractivity contribution in [3.8, 4) is 28.7 Å². The molecule has 0 saturated carbocycles. The number of anilines is 2. The first-order valence-electron chi connectivity index (χ1n) is 17.2. The van der Waals surface area contributed by atoms with Gasteiger partial charge in [0.2, 0.25) is 0 Å². The molecule has 1 saturated heterocycles. The lowest BCUT2D eigenvalue weighted by Crippen LogP contribution is -2.50. The number of rotatable bonds is 13. The molecule has 17 heteroatoms. The summed E-state index contributed by atoms with van der Waals surface area (Å²) in [5.74, 6) is -0.813. The van der Waals surface area contributed by atoms with Gasteiger partial charge in [0, 0.05) is 44.6 Å². The Hall–Kier alpha value is -6.10. The molecule has 5 rings (SSSR count). The van der Waals surface area contributed by atoms with Gasteiger partial charge in [-0.2, -0.15) is 8.42 Å². The Morgan fingerprint density at radius 1 is 0.852 bits per heavy atom. The van der Waals surface area contributed by atoms with Crippen LogP contribution in [0.5, 0.6) is 28.7 Å². The van der Waals surface area contributed by atoms with Crippen molar-refractivity contribution in [3.05, 3.63) is 84.2 Å². The van der Waals surface area contributed by atoms with Gasteiger partial charge in [0.25, 0.3) is 15.9 Å². The molecule has 1 fully saturated rings. The molecule has 1 aliphatic heterocycles. The van der Waals surface area contributed by atoms with E-state index in [1.54, 1.807) is 56.3 Å². The fourth-order valence-corrected chi connectivity index (χ4v) is 6.37. The molecule has 0 atom stereocenters. The molecule has 3 amide bonds. The van der Waals surface area contributed by atoms with Gasteiger partial charge in [0.15, 0.2) is 33.8 Å². The fourth-order valence-electron chi connectivity index (χ4n) is 5.37. The minimum atomic E-state index is -4.56. The summed E-state index contributed by atoms with van der Waals surface area (Å²) in [6.07, 6.45) is 1.29. The molecular weight excluding hydrogens is 721 g/mol. The second kappa shape index (κ2) is 17.6. The van der Waals surface area contributed by atoms with Crippen LogP contribution in [-0.2, 0) is 14.8 Å². The van der Waals surface area contributed by atoms with Crippen molar-refractivity contribution in [2.24, 2.45) is 0 Å². The Balaban J connectivity index is 1.69. The lowest BCUT2D eigenvalue weighted by molar-refractivity contribution is 0.0568. The fraction of sp³-hybridized carbons (Fsp3) is 0.324. The van der Waals surface area contributed by atoms with Gasteiger partial charge >= 0.3 is 12.2 Å². The van der Waals surface area contributed by atoms with Gasteiger partial charge in [0.1, 0.15) is 11.5 Å². The molecule has 0 unspecified atom stereocenters. The van der Waals surface area contributed by atoms with Crippen molar-refractivity contribution in [1.29, 1.82) is 0 Å². The average Bonchev–Trinajstić information content (AvgIpc) is 3.17. The van der Waals surface area contributed by atoms with E-state index in [-0.39, 0.29) is 84.7 Å². The van der Waals surface area contributed by atoms with Gasteiger partial charge in [-0.05, 0) is 55.7 Å². The van der Waals surface area contributed by atoms with Crippen molar-refractivity contribution in [1.82, 2.24) is 19.8 Å². The number of carbonyl (C=O) groups is 3. The minimum Gasteiger partial charge on any atom is -0.493 e. The quantitative estimate of drug-likeness (QED) is 0.159. The van der Waals surface area contributed by atoms with E-state index < -0.39 is 39.6 Å². The smallest absolute Gasteiger partial charge is 0.418 e. The Labute approximate surface area is 313 Å². The van der Waals surface area contributed by atoms with E-state index in [9.17, 15) is 22.8 Å². The maximum atomic E-state index is 14.4. The van der Waals surface area contributed by atoms with Crippen molar-refractivity contribution in [2.75, 3.05) is 56.5 Å². The Bertz CT molecular complexity index is 2060. The van der Waals surface area contributed by atoms with Gasteiger partial charge in [-0.1, -0.05) is 38.1 Å². The summed E-state index contributed by atoms with van der Waals surface area (Å²) < 4.78 is 59.5. The van der Waals surface area contributed by atoms with Gasteiger partial charge in [0.05, 0.1) is 25.9 Å². The summed E-state index contributed by atoms with van der Waals surface area (Å²) in [6.45, 7) is 8.04. The first-order chi connectivity index (χ1) is 25.9. The number of sulfonamides is 1. The lowest BCUT2D eigenvalue weighted by atomic mass is 10.1. The molecule has 1 aliphatic rings. The number of nitrogens with zero attached hydrogens (tertiary/aromatic N) is 4. The average molecular weight is 763 g/mol. The van der Waals surface area contributed by atoms with Crippen LogP contribution < -0.4 is 29.0 Å². The second-order valence-corrected chi connectivity index (χ2v) is 13.7. The Morgan fingerprint density at radius 3 is 2.17 bits per heavy atom. The summed E-state index contributed by atoms with van der Waals surface area (Å²) >= 11 is 0. The first-order valence-corrected chi connectivity index (χ1v) is 18.7. The van der Waals surface area contributed by atoms with Crippen LogP contribution in [0.15, 0.2) is 78.1 Å². The van der Waals surface area contributed by atoms with E-state index in [2.05, 4.69) is 20.0 Å². The lowest BCUT2D eigenvalue weighted by Gasteiger charge is -2.34. The van der Waals surface area contributed by atoms with E-state index in [1.165, 1.54) is 47.5 Å². The largest absolute Gasteiger partial charge is 0.493 e. The number of aromatic nitrogens is 2. The highest BCUT2D eigenvalue weighted by atomic mass is 32.2. The van der Waals surface area contributed by atoms with Crippen molar-refractivity contribution >= 4 is 39.6 Å². The van der Waals surface area contributed by atoms with Crippen molar-refractivity contribution in [2.45, 2.75) is 38.6 Å². The minimum absolute atomic E-state index is 0.0600. The molecule has 0 aliphatic carbocycles. The highest BCUT2D eigenvalue weighted by Crippen LogP contribution is 2.49. The molecule has 0 radical (unpaired) electrons. The standard InChI is InChI=1S/C37H42N6O10S/c1-6-50-29-22-26(35(44)42-18-20-43(21-19-42)37(46)51-7-2)33(53-36(45)40-30-14-10-11-17-38-30)32(34(29)52-28-13-9-8-12-27(28)49-5)41-54(47,48)31-16-15-25(23-39-31)24(3)4/h8-17,22-24,41H,6-7,18-21H2,1-5H3,(H,38,40,45). The second-order valence-electron chi connectivity index (χ2n) is 12.0. The number of benzene rings is 2. The predicted molar refractivity (Wildman–Crippen MR) is 198 cm³/mol. The topological polar surface area (TPSA) is 188 Å². The maximum Gasteiger partial charge on any atom is 0.418 e.